The molecule has 1 aromatic heterocycles. The van der Waals surface area contributed by atoms with Crippen molar-refractivity contribution in [2.45, 2.75) is 0 Å². The molecule has 0 bridgehead atoms. The summed E-state index contributed by atoms with van der Waals surface area (Å²) >= 11 is 1.36. The van der Waals surface area contributed by atoms with Gasteiger partial charge in [0.15, 0.2) is 6.29 Å². The van der Waals surface area contributed by atoms with Gasteiger partial charge in [0.05, 0.1) is 4.88 Å². The van der Waals surface area contributed by atoms with Gasteiger partial charge in [0.25, 0.3) is 0 Å². The molecule has 0 radical (unpaired) electrons. The number of carbonyl (C=O) groups excluding carboxylic acids is 1. The molecule has 0 aliphatic carbocycles. The van der Waals surface area contributed by atoms with Crippen LogP contribution >= 0.6 is 11.3 Å². The molecule has 0 spiro atoms. The quantitative estimate of drug-likeness (QED) is 0.423. The number of thiophene rings is 1. The third-order valence-electron chi connectivity index (χ3n) is 0.958. The number of rotatable bonds is 1. The van der Waals surface area contributed by atoms with Crippen molar-refractivity contribution in [2.75, 3.05) is 0 Å². The standard InChI is InChI=1S/C7H4OS/c1-2-6-3-4-9-7(6)5-8/h1,3-5H. The van der Waals surface area contributed by atoms with Crippen LogP contribution in [0.15, 0.2) is 11.4 Å². The molecule has 9 heavy (non-hydrogen) atoms. The lowest BCUT2D eigenvalue weighted by atomic mass is 10.3. The molecule has 0 amide bonds. The lowest BCUT2D eigenvalue weighted by Crippen LogP contribution is -1.74. The third kappa shape index (κ3) is 1.01. The van der Waals surface area contributed by atoms with Gasteiger partial charge >= 0.3 is 0 Å². The van der Waals surface area contributed by atoms with E-state index in [2.05, 4.69) is 5.92 Å². The van der Waals surface area contributed by atoms with Crippen molar-refractivity contribution in [3.8, 4) is 12.3 Å². The topological polar surface area (TPSA) is 17.1 Å². The van der Waals surface area contributed by atoms with Gasteiger partial charge in [-0.05, 0) is 11.4 Å². The Balaban J connectivity index is 3.17. The summed E-state index contributed by atoms with van der Waals surface area (Å²) in [6, 6.07) is 1.76. The van der Waals surface area contributed by atoms with E-state index in [0.717, 1.165) is 6.29 Å². The molecule has 1 aromatic rings. The zero-order valence-electron chi connectivity index (χ0n) is 4.63. The monoisotopic (exact) mass is 136 g/mol. The van der Waals surface area contributed by atoms with Crippen LogP contribution in [-0.2, 0) is 0 Å². The zero-order valence-corrected chi connectivity index (χ0v) is 5.44. The summed E-state index contributed by atoms with van der Waals surface area (Å²) in [5.41, 5.74) is 0.690. The Bertz CT molecular complexity index is 254. The summed E-state index contributed by atoms with van der Waals surface area (Å²) < 4.78 is 0. The van der Waals surface area contributed by atoms with Crippen molar-refractivity contribution in [3.63, 3.8) is 0 Å². The first-order valence-electron chi connectivity index (χ1n) is 2.37. The van der Waals surface area contributed by atoms with Gasteiger partial charge in [-0.3, -0.25) is 4.79 Å². The van der Waals surface area contributed by atoms with Gasteiger partial charge < -0.3 is 0 Å². The molecular weight excluding hydrogens is 132 g/mol. The largest absolute Gasteiger partial charge is 0.297 e. The van der Waals surface area contributed by atoms with E-state index >= 15 is 0 Å². The van der Waals surface area contributed by atoms with Crippen LogP contribution in [0.25, 0.3) is 0 Å². The second kappa shape index (κ2) is 2.47. The molecule has 0 saturated heterocycles. The number of terminal acetylenes is 1. The van der Waals surface area contributed by atoms with Crippen LogP contribution in [0.2, 0.25) is 0 Å². The highest BCUT2D eigenvalue weighted by Gasteiger charge is 1.96. The van der Waals surface area contributed by atoms with Crippen LogP contribution in [-0.4, -0.2) is 6.29 Å². The molecule has 0 N–H and O–H groups in total. The summed E-state index contributed by atoms with van der Waals surface area (Å²) in [6.07, 6.45) is 5.85. The van der Waals surface area contributed by atoms with Gasteiger partial charge in [0, 0.05) is 5.56 Å². The Morgan fingerprint density at radius 2 is 2.56 bits per heavy atom. The van der Waals surface area contributed by atoms with E-state index in [9.17, 15) is 4.79 Å². The molecule has 0 saturated carbocycles. The van der Waals surface area contributed by atoms with Crippen LogP contribution in [0.4, 0.5) is 0 Å². The van der Waals surface area contributed by atoms with Crippen LogP contribution in [0.3, 0.4) is 0 Å². The second-order valence-electron chi connectivity index (χ2n) is 1.46. The molecule has 2 heteroatoms. The van der Waals surface area contributed by atoms with E-state index in [1.165, 1.54) is 11.3 Å². The van der Waals surface area contributed by atoms with Crippen LogP contribution in [0.5, 0.6) is 0 Å². The molecule has 0 aromatic carbocycles. The number of carbonyl (C=O) groups is 1. The van der Waals surface area contributed by atoms with Crippen molar-refractivity contribution in [2.24, 2.45) is 0 Å². The minimum absolute atomic E-state index is 0.637. The highest BCUT2D eigenvalue weighted by molar-refractivity contribution is 7.11. The normalized spacial score (nSPS) is 8.33. The van der Waals surface area contributed by atoms with E-state index in [1.807, 2.05) is 0 Å². The van der Waals surface area contributed by atoms with Gasteiger partial charge in [-0.1, -0.05) is 5.92 Å². The summed E-state index contributed by atoms with van der Waals surface area (Å²) in [5, 5.41) is 1.80. The zero-order chi connectivity index (χ0) is 6.69. The maximum absolute atomic E-state index is 10.2. The minimum Gasteiger partial charge on any atom is -0.297 e. The highest BCUT2D eigenvalue weighted by atomic mass is 32.1. The van der Waals surface area contributed by atoms with Gasteiger partial charge in [-0.25, -0.2) is 0 Å². The van der Waals surface area contributed by atoms with E-state index in [1.54, 1.807) is 11.4 Å². The van der Waals surface area contributed by atoms with Gasteiger partial charge in [-0.15, -0.1) is 17.8 Å². The van der Waals surface area contributed by atoms with Gasteiger partial charge in [0.1, 0.15) is 0 Å². The van der Waals surface area contributed by atoms with E-state index in [4.69, 9.17) is 6.42 Å². The Labute approximate surface area is 57.3 Å². The van der Waals surface area contributed by atoms with Crippen molar-refractivity contribution >= 4 is 17.6 Å². The lowest BCUT2D eigenvalue weighted by Gasteiger charge is -1.78. The molecule has 1 rings (SSSR count). The summed E-state index contributed by atoms with van der Waals surface area (Å²) in [7, 11) is 0. The van der Waals surface area contributed by atoms with Gasteiger partial charge in [0.2, 0.25) is 0 Å². The fourth-order valence-corrected chi connectivity index (χ4v) is 1.19. The average molecular weight is 136 g/mol. The fourth-order valence-electron chi connectivity index (χ4n) is 0.531. The summed E-state index contributed by atoms with van der Waals surface area (Å²) in [6.45, 7) is 0. The van der Waals surface area contributed by atoms with Crippen LogP contribution in [0.1, 0.15) is 15.2 Å². The number of hydrogen-bond donors (Lipinski definition) is 0. The molecule has 0 aliphatic rings. The Morgan fingerprint density at radius 3 is 3.00 bits per heavy atom. The number of aldehydes is 1. The van der Waals surface area contributed by atoms with Crippen molar-refractivity contribution in [3.05, 3.63) is 21.9 Å². The predicted octanol–water partition coefficient (Wildman–Crippen LogP) is 1.54. The Morgan fingerprint density at radius 1 is 1.78 bits per heavy atom. The minimum atomic E-state index is 0.637. The first-order chi connectivity index (χ1) is 4.38. The maximum atomic E-state index is 10.2. The molecular formula is C7H4OS. The molecule has 0 atom stereocenters. The van der Waals surface area contributed by atoms with Crippen molar-refractivity contribution < 1.29 is 4.79 Å². The molecule has 0 fully saturated rings. The molecule has 44 valence electrons. The summed E-state index contributed by atoms with van der Waals surface area (Å²) in [5.74, 6) is 2.41. The maximum Gasteiger partial charge on any atom is 0.161 e. The predicted molar refractivity (Wildman–Crippen MR) is 37.6 cm³/mol. The van der Waals surface area contributed by atoms with E-state index in [-0.39, 0.29) is 0 Å². The average Bonchev–Trinajstić information content (AvgIpc) is 2.33. The molecule has 1 nitrogen and oxygen atoms in total. The lowest BCUT2D eigenvalue weighted by molar-refractivity contribution is 0.112. The van der Waals surface area contributed by atoms with Crippen molar-refractivity contribution in [1.82, 2.24) is 0 Å². The van der Waals surface area contributed by atoms with E-state index in [0.29, 0.717) is 10.4 Å². The third-order valence-corrected chi connectivity index (χ3v) is 1.80. The Kier molecular flexibility index (Phi) is 1.66. The number of hydrogen-bond acceptors (Lipinski definition) is 2. The van der Waals surface area contributed by atoms with E-state index < -0.39 is 0 Å². The van der Waals surface area contributed by atoms with Gasteiger partial charge in [-0.2, -0.15) is 0 Å². The Hall–Kier alpha value is -1.07. The fraction of sp³-hybridized carbons (Fsp3) is 0. The van der Waals surface area contributed by atoms with Crippen LogP contribution in [0, 0.1) is 12.3 Å². The first-order valence-corrected chi connectivity index (χ1v) is 3.25. The molecule has 0 aliphatic heterocycles. The summed E-state index contributed by atoms with van der Waals surface area (Å²) in [4.78, 5) is 10.8. The molecule has 0 unspecified atom stereocenters. The van der Waals surface area contributed by atoms with Crippen molar-refractivity contribution in [1.29, 1.82) is 0 Å². The molecule has 1 heterocycles. The highest BCUT2D eigenvalue weighted by Crippen LogP contribution is 2.11. The smallest absolute Gasteiger partial charge is 0.161 e. The second-order valence-corrected chi connectivity index (χ2v) is 2.41. The first kappa shape index (κ1) is 6.06. The SMILES string of the molecule is C#Cc1ccsc1C=O. The van der Waals surface area contributed by atoms with Crippen LogP contribution < -0.4 is 0 Å².